The van der Waals surface area contributed by atoms with E-state index >= 15 is 0 Å². The molecular weight excluding hydrogens is 294 g/mol. The van der Waals surface area contributed by atoms with Crippen molar-refractivity contribution in [2.75, 3.05) is 5.32 Å². The lowest BCUT2D eigenvalue weighted by Crippen LogP contribution is -2.20. The summed E-state index contributed by atoms with van der Waals surface area (Å²) in [5, 5.41) is 12.7. The SMILES string of the molecule is CCC[C@@H](C)C(=O)Nc1nnc(CCCc2ccccc2)s1. The minimum Gasteiger partial charge on any atom is -0.300 e. The number of aromatic nitrogens is 2. The van der Waals surface area contributed by atoms with Crippen molar-refractivity contribution in [3.05, 3.63) is 40.9 Å². The number of carbonyl (C=O) groups excluding carboxylic acids is 1. The van der Waals surface area contributed by atoms with Crippen molar-refractivity contribution in [1.82, 2.24) is 10.2 Å². The van der Waals surface area contributed by atoms with Gasteiger partial charge in [-0.1, -0.05) is 61.9 Å². The van der Waals surface area contributed by atoms with E-state index in [1.165, 1.54) is 16.9 Å². The third-order valence-electron chi connectivity index (χ3n) is 3.57. The molecule has 118 valence electrons. The van der Waals surface area contributed by atoms with E-state index in [0.29, 0.717) is 5.13 Å². The van der Waals surface area contributed by atoms with Gasteiger partial charge < -0.3 is 5.32 Å². The molecule has 0 saturated heterocycles. The largest absolute Gasteiger partial charge is 0.300 e. The van der Waals surface area contributed by atoms with Crippen molar-refractivity contribution in [1.29, 1.82) is 0 Å². The predicted molar refractivity (Wildman–Crippen MR) is 91.1 cm³/mol. The summed E-state index contributed by atoms with van der Waals surface area (Å²) in [6, 6.07) is 10.4. The van der Waals surface area contributed by atoms with Gasteiger partial charge in [0.1, 0.15) is 5.01 Å². The van der Waals surface area contributed by atoms with Crippen LogP contribution < -0.4 is 5.32 Å². The number of anilines is 1. The summed E-state index contributed by atoms with van der Waals surface area (Å²) in [4.78, 5) is 11.9. The molecule has 0 fully saturated rings. The lowest BCUT2D eigenvalue weighted by molar-refractivity contribution is -0.119. The molecule has 1 aromatic heterocycles. The highest BCUT2D eigenvalue weighted by Crippen LogP contribution is 2.19. The smallest absolute Gasteiger partial charge is 0.229 e. The number of aryl methyl sites for hydroxylation is 2. The normalized spacial score (nSPS) is 12.1. The fourth-order valence-corrected chi connectivity index (χ4v) is 3.07. The molecule has 1 aromatic carbocycles. The van der Waals surface area contributed by atoms with Crippen LogP contribution in [0.1, 0.15) is 43.7 Å². The van der Waals surface area contributed by atoms with Gasteiger partial charge in [0.15, 0.2) is 0 Å². The Bertz CT molecular complexity index is 583. The Labute approximate surface area is 136 Å². The molecule has 4 nitrogen and oxygen atoms in total. The monoisotopic (exact) mass is 317 g/mol. The van der Waals surface area contributed by atoms with E-state index < -0.39 is 0 Å². The number of carbonyl (C=O) groups is 1. The summed E-state index contributed by atoms with van der Waals surface area (Å²) in [7, 11) is 0. The molecule has 1 atom stereocenters. The highest BCUT2D eigenvalue weighted by molar-refractivity contribution is 7.15. The van der Waals surface area contributed by atoms with Gasteiger partial charge in [0.2, 0.25) is 11.0 Å². The van der Waals surface area contributed by atoms with Gasteiger partial charge in [-0.2, -0.15) is 0 Å². The molecule has 22 heavy (non-hydrogen) atoms. The van der Waals surface area contributed by atoms with Crippen LogP contribution in [0.4, 0.5) is 5.13 Å². The summed E-state index contributed by atoms with van der Waals surface area (Å²) in [5.41, 5.74) is 1.34. The Hall–Kier alpha value is -1.75. The Balaban J connectivity index is 1.78. The van der Waals surface area contributed by atoms with Gasteiger partial charge in [0, 0.05) is 12.3 Å². The Morgan fingerprint density at radius 3 is 2.73 bits per heavy atom. The number of nitrogens with zero attached hydrogens (tertiary/aromatic N) is 2. The molecular formula is C17H23N3OS. The first-order valence-electron chi connectivity index (χ1n) is 7.86. The van der Waals surface area contributed by atoms with E-state index in [-0.39, 0.29) is 11.8 Å². The molecule has 0 aliphatic heterocycles. The average molecular weight is 317 g/mol. The third kappa shape index (κ3) is 5.22. The van der Waals surface area contributed by atoms with Gasteiger partial charge >= 0.3 is 0 Å². The summed E-state index contributed by atoms with van der Waals surface area (Å²) in [6.45, 7) is 4.03. The number of hydrogen-bond donors (Lipinski definition) is 1. The second-order valence-electron chi connectivity index (χ2n) is 5.52. The Morgan fingerprint density at radius 1 is 1.23 bits per heavy atom. The highest BCUT2D eigenvalue weighted by atomic mass is 32.1. The lowest BCUT2D eigenvalue weighted by atomic mass is 10.1. The summed E-state index contributed by atoms with van der Waals surface area (Å²) >= 11 is 1.48. The quantitative estimate of drug-likeness (QED) is 0.798. The summed E-state index contributed by atoms with van der Waals surface area (Å²) in [6.07, 6.45) is 4.88. The van der Waals surface area contributed by atoms with Crippen LogP contribution in [0.3, 0.4) is 0 Å². The van der Waals surface area contributed by atoms with Crippen molar-refractivity contribution in [2.24, 2.45) is 5.92 Å². The van der Waals surface area contributed by atoms with Crippen molar-refractivity contribution >= 4 is 22.4 Å². The van der Waals surface area contributed by atoms with Crippen LogP contribution in [-0.4, -0.2) is 16.1 Å². The predicted octanol–water partition coefficient (Wildman–Crippen LogP) is 4.09. The van der Waals surface area contributed by atoms with Crippen molar-refractivity contribution in [3.63, 3.8) is 0 Å². The minimum atomic E-state index is 0.0235. The zero-order valence-corrected chi connectivity index (χ0v) is 14.0. The zero-order chi connectivity index (χ0) is 15.8. The topological polar surface area (TPSA) is 54.9 Å². The third-order valence-corrected chi connectivity index (χ3v) is 4.46. The van der Waals surface area contributed by atoms with E-state index in [9.17, 15) is 4.79 Å². The molecule has 0 aliphatic carbocycles. The lowest BCUT2D eigenvalue weighted by Gasteiger charge is -2.07. The molecule has 0 aliphatic rings. The fraction of sp³-hybridized carbons (Fsp3) is 0.471. The number of benzene rings is 1. The molecule has 0 spiro atoms. The fourth-order valence-electron chi connectivity index (χ4n) is 2.29. The standard InChI is InChI=1S/C17H23N3OS/c1-3-8-13(2)16(21)18-17-20-19-15(22-17)12-7-11-14-9-5-4-6-10-14/h4-6,9-10,13H,3,7-8,11-12H2,1-2H3,(H,18,20,21)/t13-/m1/s1. The Morgan fingerprint density at radius 2 is 2.00 bits per heavy atom. The van der Waals surface area contributed by atoms with Crippen molar-refractivity contribution in [3.8, 4) is 0 Å². The second-order valence-corrected chi connectivity index (χ2v) is 6.58. The molecule has 1 heterocycles. The zero-order valence-electron chi connectivity index (χ0n) is 13.2. The second kappa shape index (κ2) is 8.63. The Kier molecular flexibility index (Phi) is 6.52. The van der Waals surface area contributed by atoms with Crippen molar-refractivity contribution < 1.29 is 4.79 Å². The molecule has 1 amide bonds. The van der Waals surface area contributed by atoms with Gasteiger partial charge in [-0.05, 0) is 24.8 Å². The highest BCUT2D eigenvalue weighted by Gasteiger charge is 2.14. The first-order chi connectivity index (χ1) is 10.7. The van der Waals surface area contributed by atoms with Gasteiger partial charge in [0.25, 0.3) is 0 Å². The van der Waals surface area contributed by atoms with Crippen LogP contribution in [0.5, 0.6) is 0 Å². The van der Waals surface area contributed by atoms with Crippen LogP contribution in [0, 0.1) is 5.92 Å². The maximum absolute atomic E-state index is 11.9. The van der Waals surface area contributed by atoms with Crippen LogP contribution in [0.15, 0.2) is 30.3 Å². The number of amides is 1. The van der Waals surface area contributed by atoms with Crippen LogP contribution in [0.2, 0.25) is 0 Å². The molecule has 2 aromatic rings. The minimum absolute atomic E-state index is 0.0235. The maximum atomic E-state index is 11.9. The average Bonchev–Trinajstić information content (AvgIpc) is 2.96. The molecule has 0 unspecified atom stereocenters. The van der Waals surface area contributed by atoms with E-state index in [1.54, 1.807) is 0 Å². The van der Waals surface area contributed by atoms with Gasteiger partial charge in [0.05, 0.1) is 0 Å². The van der Waals surface area contributed by atoms with Gasteiger partial charge in [-0.25, -0.2) is 0 Å². The van der Waals surface area contributed by atoms with Crippen molar-refractivity contribution in [2.45, 2.75) is 46.0 Å². The van der Waals surface area contributed by atoms with Crippen LogP contribution in [0.25, 0.3) is 0 Å². The van der Waals surface area contributed by atoms with Crippen LogP contribution in [-0.2, 0) is 17.6 Å². The molecule has 1 N–H and O–H groups in total. The summed E-state index contributed by atoms with van der Waals surface area (Å²) < 4.78 is 0. The number of nitrogens with one attached hydrogen (secondary N) is 1. The van der Waals surface area contributed by atoms with Crippen LogP contribution >= 0.6 is 11.3 Å². The van der Waals surface area contributed by atoms with Gasteiger partial charge in [-0.15, -0.1) is 10.2 Å². The molecule has 5 heteroatoms. The number of rotatable bonds is 8. The molecule has 2 rings (SSSR count). The molecule has 0 bridgehead atoms. The first kappa shape index (κ1) is 16.6. The van der Waals surface area contributed by atoms with E-state index in [2.05, 4.69) is 46.7 Å². The first-order valence-corrected chi connectivity index (χ1v) is 8.68. The van der Waals surface area contributed by atoms with E-state index in [4.69, 9.17) is 0 Å². The van der Waals surface area contributed by atoms with E-state index in [0.717, 1.165) is 37.1 Å². The van der Waals surface area contributed by atoms with E-state index in [1.807, 2.05) is 13.0 Å². The number of hydrogen-bond acceptors (Lipinski definition) is 4. The maximum Gasteiger partial charge on any atom is 0.229 e. The molecule has 0 saturated carbocycles. The summed E-state index contributed by atoms with van der Waals surface area (Å²) in [5.74, 6) is 0.0595. The van der Waals surface area contributed by atoms with Gasteiger partial charge in [-0.3, -0.25) is 4.79 Å². The molecule has 0 radical (unpaired) electrons.